The van der Waals surface area contributed by atoms with Crippen molar-refractivity contribution in [1.82, 2.24) is 4.72 Å². The van der Waals surface area contributed by atoms with E-state index in [1.165, 1.54) is 0 Å². The summed E-state index contributed by atoms with van der Waals surface area (Å²) in [5.74, 6) is 0.724. The predicted molar refractivity (Wildman–Crippen MR) is 67.8 cm³/mol. The van der Waals surface area contributed by atoms with Crippen molar-refractivity contribution in [2.45, 2.75) is 32.1 Å². The summed E-state index contributed by atoms with van der Waals surface area (Å²) in [7, 11) is -3.38. The van der Waals surface area contributed by atoms with E-state index < -0.39 is 10.0 Å². The molecule has 0 radical (unpaired) electrons. The normalized spacial score (nSPS) is 11.5. The summed E-state index contributed by atoms with van der Waals surface area (Å²) in [6.45, 7) is 6.68. The number of benzene rings is 1. The molecule has 1 aromatic carbocycles. The smallest absolute Gasteiger partial charge is 0.240 e. The van der Waals surface area contributed by atoms with Crippen LogP contribution in [0.4, 0.5) is 0 Å². The van der Waals surface area contributed by atoms with Gasteiger partial charge in [0.25, 0.3) is 0 Å². The summed E-state index contributed by atoms with van der Waals surface area (Å²) in [5, 5.41) is 0. The Bertz CT molecular complexity index is 469. The number of ether oxygens (including phenoxy) is 1. The third-order valence-electron chi connectivity index (χ3n) is 2.30. The Balaban J connectivity index is 2.96. The fourth-order valence-corrected chi connectivity index (χ4v) is 2.64. The molecule has 0 atom stereocenters. The van der Waals surface area contributed by atoms with Crippen LogP contribution in [-0.2, 0) is 10.0 Å². The molecule has 17 heavy (non-hydrogen) atoms. The summed E-state index contributed by atoms with van der Waals surface area (Å²) in [6.07, 6.45) is 0.773. The van der Waals surface area contributed by atoms with E-state index in [1.807, 2.05) is 20.8 Å². The molecule has 0 fully saturated rings. The molecule has 5 heteroatoms. The molecule has 0 aliphatic rings. The van der Waals surface area contributed by atoms with Crippen molar-refractivity contribution < 1.29 is 13.2 Å². The molecule has 1 rings (SSSR count). The van der Waals surface area contributed by atoms with E-state index in [9.17, 15) is 8.42 Å². The van der Waals surface area contributed by atoms with Crippen LogP contribution in [0.2, 0.25) is 0 Å². The fourth-order valence-electron chi connectivity index (χ4n) is 1.43. The molecule has 0 aliphatic heterocycles. The van der Waals surface area contributed by atoms with Gasteiger partial charge in [-0.2, -0.15) is 0 Å². The van der Waals surface area contributed by atoms with Gasteiger partial charge in [-0.1, -0.05) is 6.92 Å². The van der Waals surface area contributed by atoms with Crippen molar-refractivity contribution in [1.29, 1.82) is 0 Å². The van der Waals surface area contributed by atoms with Crippen LogP contribution in [-0.4, -0.2) is 21.6 Å². The lowest BCUT2D eigenvalue weighted by atomic mass is 10.2. The molecule has 96 valence electrons. The summed E-state index contributed by atoms with van der Waals surface area (Å²) < 4.78 is 31.6. The first-order valence-corrected chi connectivity index (χ1v) is 7.22. The second-order valence-corrected chi connectivity index (χ2v) is 5.53. The van der Waals surface area contributed by atoms with Crippen LogP contribution in [0.1, 0.15) is 25.8 Å². The van der Waals surface area contributed by atoms with Crippen LogP contribution in [0.3, 0.4) is 0 Å². The molecule has 0 aromatic heterocycles. The Morgan fingerprint density at radius 3 is 2.53 bits per heavy atom. The molecule has 0 aliphatic carbocycles. The molecule has 0 spiro atoms. The molecular weight excluding hydrogens is 238 g/mol. The summed E-state index contributed by atoms with van der Waals surface area (Å²) in [4.78, 5) is 0.284. The van der Waals surface area contributed by atoms with Gasteiger partial charge >= 0.3 is 0 Å². The topological polar surface area (TPSA) is 55.4 Å². The zero-order valence-electron chi connectivity index (χ0n) is 10.5. The Kier molecular flexibility index (Phi) is 4.96. The highest BCUT2D eigenvalue weighted by molar-refractivity contribution is 7.89. The minimum absolute atomic E-state index is 0.284. The fraction of sp³-hybridized carbons (Fsp3) is 0.500. The maximum atomic E-state index is 11.9. The van der Waals surface area contributed by atoms with Gasteiger partial charge in [0.1, 0.15) is 5.75 Å². The molecule has 0 saturated carbocycles. The maximum absolute atomic E-state index is 11.9. The highest BCUT2D eigenvalue weighted by Crippen LogP contribution is 2.21. The van der Waals surface area contributed by atoms with Gasteiger partial charge in [-0.05, 0) is 44.0 Å². The Hall–Kier alpha value is -1.07. The van der Waals surface area contributed by atoms with Crippen molar-refractivity contribution in [3.8, 4) is 5.75 Å². The SMILES string of the molecule is CCCNS(=O)(=O)c1ccc(OCC)c(C)c1. The van der Waals surface area contributed by atoms with Gasteiger partial charge in [-0.15, -0.1) is 0 Å². The number of hydrogen-bond donors (Lipinski definition) is 1. The molecular formula is C12H19NO3S. The third-order valence-corrected chi connectivity index (χ3v) is 3.76. The van der Waals surface area contributed by atoms with Crippen molar-refractivity contribution in [2.24, 2.45) is 0 Å². The number of sulfonamides is 1. The minimum atomic E-state index is -3.38. The molecule has 0 saturated heterocycles. The molecule has 4 nitrogen and oxygen atoms in total. The standard InChI is InChI=1S/C12H19NO3S/c1-4-8-13-17(14,15)11-6-7-12(16-5-2)10(3)9-11/h6-7,9,13H,4-5,8H2,1-3H3. The summed E-state index contributed by atoms with van der Waals surface area (Å²) in [6, 6.07) is 4.89. The van der Waals surface area contributed by atoms with Gasteiger partial charge in [0.15, 0.2) is 0 Å². The summed E-state index contributed by atoms with van der Waals surface area (Å²) >= 11 is 0. The van der Waals surface area contributed by atoms with Gasteiger partial charge in [0.05, 0.1) is 11.5 Å². The van der Waals surface area contributed by atoms with E-state index in [2.05, 4.69) is 4.72 Å². The van der Waals surface area contributed by atoms with Gasteiger partial charge in [-0.3, -0.25) is 0 Å². The van der Waals surface area contributed by atoms with E-state index in [-0.39, 0.29) is 4.90 Å². The van der Waals surface area contributed by atoms with Crippen molar-refractivity contribution in [3.05, 3.63) is 23.8 Å². The van der Waals surface area contributed by atoms with Gasteiger partial charge in [-0.25, -0.2) is 13.1 Å². The average molecular weight is 257 g/mol. The lowest BCUT2D eigenvalue weighted by molar-refractivity contribution is 0.337. The monoisotopic (exact) mass is 257 g/mol. The van der Waals surface area contributed by atoms with Crippen molar-refractivity contribution >= 4 is 10.0 Å². The second-order valence-electron chi connectivity index (χ2n) is 3.76. The minimum Gasteiger partial charge on any atom is -0.494 e. The zero-order valence-corrected chi connectivity index (χ0v) is 11.3. The first-order chi connectivity index (χ1) is 8.01. The van der Waals surface area contributed by atoms with E-state index in [1.54, 1.807) is 18.2 Å². The molecule has 0 unspecified atom stereocenters. The lowest BCUT2D eigenvalue weighted by Crippen LogP contribution is -2.24. The van der Waals surface area contributed by atoms with Gasteiger partial charge < -0.3 is 4.74 Å². The molecule has 1 aromatic rings. The van der Waals surface area contributed by atoms with Crippen LogP contribution in [0.25, 0.3) is 0 Å². The number of rotatable bonds is 6. The molecule has 1 N–H and O–H groups in total. The van der Waals surface area contributed by atoms with E-state index >= 15 is 0 Å². The maximum Gasteiger partial charge on any atom is 0.240 e. The molecule has 0 bridgehead atoms. The first-order valence-electron chi connectivity index (χ1n) is 5.74. The second kappa shape index (κ2) is 6.02. The summed E-state index contributed by atoms with van der Waals surface area (Å²) in [5.41, 5.74) is 0.825. The van der Waals surface area contributed by atoms with Crippen LogP contribution in [0.5, 0.6) is 5.75 Å². The van der Waals surface area contributed by atoms with Crippen molar-refractivity contribution in [2.75, 3.05) is 13.2 Å². The Morgan fingerprint density at radius 2 is 2.00 bits per heavy atom. The van der Waals surface area contributed by atoms with E-state index in [0.717, 1.165) is 17.7 Å². The third kappa shape index (κ3) is 3.71. The van der Waals surface area contributed by atoms with Crippen LogP contribution >= 0.6 is 0 Å². The van der Waals surface area contributed by atoms with Crippen LogP contribution in [0, 0.1) is 6.92 Å². The number of hydrogen-bond acceptors (Lipinski definition) is 3. The predicted octanol–water partition coefficient (Wildman–Crippen LogP) is 2.08. The molecule has 0 amide bonds. The molecule has 0 heterocycles. The van der Waals surface area contributed by atoms with Crippen LogP contribution < -0.4 is 9.46 Å². The van der Waals surface area contributed by atoms with Crippen molar-refractivity contribution in [3.63, 3.8) is 0 Å². The highest BCUT2D eigenvalue weighted by atomic mass is 32.2. The zero-order chi connectivity index (χ0) is 12.9. The highest BCUT2D eigenvalue weighted by Gasteiger charge is 2.14. The lowest BCUT2D eigenvalue weighted by Gasteiger charge is -2.10. The van der Waals surface area contributed by atoms with Gasteiger partial charge in [0, 0.05) is 6.54 Å². The largest absolute Gasteiger partial charge is 0.494 e. The number of nitrogens with one attached hydrogen (secondary N) is 1. The quantitative estimate of drug-likeness (QED) is 0.849. The Morgan fingerprint density at radius 1 is 1.29 bits per heavy atom. The van der Waals surface area contributed by atoms with Gasteiger partial charge in [0.2, 0.25) is 10.0 Å². The number of aryl methyl sites for hydroxylation is 1. The van der Waals surface area contributed by atoms with Crippen LogP contribution in [0.15, 0.2) is 23.1 Å². The van der Waals surface area contributed by atoms with E-state index in [0.29, 0.717) is 13.2 Å². The van der Waals surface area contributed by atoms with E-state index in [4.69, 9.17) is 4.74 Å². The Labute approximate surface area is 103 Å². The first kappa shape index (κ1) is 14.0. The average Bonchev–Trinajstić information content (AvgIpc) is 2.29.